The molecule has 0 aliphatic rings. The summed E-state index contributed by atoms with van der Waals surface area (Å²) in [6, 6.07) is 24.7. The lowest BCUT2D eigenvalue weighted by Gasteiger charge is -2.09. The monoisotopic (exact) mass is 506 g/mol. The van der Waals surface area contributed by atoms with Crippen molar-refractivity contribution < 1.29 is 17.9 Å². The number of nitrogens with one attached hydrogen (secondary N) is 2. The van der Waals surface area contributed by atoms with Crippen molar-refractivity contribution in [3.63, 3.8) is 0 Å². The zero-order valence-corrected chi connectivity index (χ0v) is 21.3. The average Bonchev–Trinajstić information content (AvgIpc) is 2.90. The van der Waals surface area contributed by atoms with Crippen LogP contribution in [-0.2, 0) is 27.7 Å². The lowest BCUT2D eigenvalue weighted by atomic mass is 10.1. The summed E-state index contributed by atoms with van der Waals surface area (Å²) in [5, 5.41) is 3.19. The fourth-order valence-electron chi connectivity index (χ4n) is 3.65. The Kier molecular flexibility index (Phi) is 10.7. The quantitative estimate of drug-likeness (QED) is 0.291. The van der Waals surface area contributed by atoms with Gasteiger partial charge in [-0.25, -0.2) is 13.1 Å². The third-order valence-corrected chi connectivity index (χ3v) is 7.06. The van der Waals surface area contributed by atoms with E-state index in [0.29, 0.717) is 13.2 Å². The van der Waals surface area contributed by atoms with Crippen LogP contribution in [0.5, 0.6) is 5.75 Å². The van der Waals surface area contributed by atoms with Crippen molar-refractivity contribution >= 4 is 22.0 Å². The standard InChI is InChI=1S/C29H34N2O4S/c1-2-24-14-18-28(19-15-24)36(33,34)31-29(32)20-22-30-21-6-10-26-12-16-27(17-13-26)35-23-7-11-25-8-4-3-5-9-25/h2-5,8-9,12-19,30H,1,6-7,10-11,20-23H2,(H,31,32). The van der Waals surface area contributed by atoms with Crippen LogP contribution in [0.4, 0.5) is 0 Å². The maximum absolute atomic E-state index is 12.3. The van der Waals surface area contributed by atoms with Crippen molar-refractivity contribution in [2.75, 3.05) is 19.7 Å². The Balaban J connectivity index is 1.26. The van der Waals surface area contributed by atoms with Crippen LogP contribution < -0.4 is 14.8 Å². The topological polar surface area (TPSA) is 84.5 Å². The number of carbonyl (C=O) groups is 1. The van der Waals surface area contributed by atoms with E-state index in [1.54, 1.807) is 18.2 Å². The third-order valence-electron chi connectivity index (χ3n) is 5.67. The number of carbonyl (C=O) groups excluding carboxylic acids is 1. The molecule has 190 valence electrons. The first-order valence-electron chi connectivity index (χ1n) is 12.2. The first kappa shape index (κ1) is 27.2. The van der Waals surface area contributed by atoms with E-state index < -0.39 is 15.9 Å². The molecule has 0 bridgehead atoms. The van der Waals surface area contributed by atoms with Crippen molar-refractivity contribution in [2.45, 2.75) is 37.0 Å². The van der Waals surface area contributed by atoms with Gasteiger partial charge in [0.05, 0.1) is 11.5 Å². The summed E-state index contributed by atoms with van der Waals surface area (Å²) in [5.41, 5.74) is 3.36. The van der Waals surface area contributed by atoms with Gasteiger partial charge in [-0.2, -0.15) is 0 Å². The summed E-state index contributed by atoms with van der Waals surface area (Å²) in [6.45, 7) is 5.47. The highest BCUT2D eigenvalue weighted by Crippen LogP contribution is 2.14. The van der Waals surface area contributed by atoms with Crippen molar-refractivity contribution in [1.82, 2.24) is 10.0 Å². The fraction of sp³-hybridized carbons (Fsp3) is 0.276. The van der Waals surface area contributed by atoms with E-state index in [-0.39, 0.29) is 11.3 Å². The molecule has 0 spiro atoms. The highest BCUT2D eigenvalue weighted by atomic mass is 32.2. The molecule has 36 heavy (non-hydrogen) atoms. The molecule has 3 rings (SSSR count). The van der Waals surface area contributed by atoms with Crippen molar-refractivity contribution in [2.24, 2.45) is 0 Å². The van der Waals surface area contributed by atoms with Gasteiger partial charge in [0, 0.05) is 13.0 Å². The maximum atomic E-state index is 12.3. The summed E-state index contributed by atoms with van der Waals surface area (Å²) >= 11 is 0. The molecular formula is C29H34N2O4S. The van der Waals surface area contributed by atoms with Crippen molar-refractivity contribution in [1.29, 1.82) is 0 Å². The molecule has 3 aromatic carbocycles. The van der Waals surface area contributed by atoms with Gasteiger partial charge in [0.1, 0.15) is 5.75 Å². The van der Waals surface area contributed by atoms with Crippen molar-refractivity contribution in [3.8, 4) is 5.75 Å². The number of hydrogen-bond acceptors (Lipinski definition) is 5. The Morgan fingerprint density at radius 1 is 0.833 bits per heavy atom. The highest BCUT2D eigenvalue weighted by Gasteiger charge is 2.16. The molecule has 0 atom stereocenters. The molecule has 0 heterocycles. The second-order valence-electron chi connectivity index (χ2n) is 8.49. The van der Waals surface area contributed by atoms with E-state index in [2.05, 4.69) is 53.0 Å². The first-order valence-corrected chi connectivity index (χ1v) is 13.7. The molecule has 0 saturated carbocycles. The molecule has 0 radical (unpaired) electrons. The van der Waals surface area contributed by atoms with Gasteiger partial charge in [-0.3, -0.25) is 4.79 Å². The highest BCUT2D eigenvalue weighted by molar-refractivity contribution is 7.90. The van der Waals surface area contributed by atoms with Gasteiger partial charge in [0.2, 0.25) is 5.91 Å². The molecule has 0 aliphatic heterocycles. The summed E-state index contributed by atoms with van der Waals surface area (Å²) in [7, 11) is -3.86. The number of ether oxygens (including phenoxy) is 1. The van der Waals surface area contributed by atoms with E-state index >= 15 is 0 Å². The van der Waals surface area contributed by atoms with Crippen LogP contribution in [0.15, 0.2) is 90.3 Å². The van der Waals surface area contributed by atoms with Gasteiger partial charge in [-0.1, -0.05) is 67.3 Å². The van der Waals surface area contributed by atoms with Crippen LogP contribution in [0.3, 0.4) is 0 Å². The van der Waals surface area contributed by atoms with Crippen LogP contribution in [-0.4, -0.2) is 34.0 Å². The summed E-state index contributed by atoms with van der Waals surface area (Å²) in [4.78, 5) is 12.1. The molecule has 0 saturated heterocycles. The SMILES string of the molecule is C=Cc1ccc(S(=O)(=O)NC(=O)CCNCCCc2ccc(OCCCc3ccccc3)cc2)cc1. The van der Waals surface area contributed by atoms with Crippen LogP contribution in [0.25, 0.3) is 6.08 Å². The minimum atomic E-state index is -3.86. The summed E-state index contributed by atoms with van der Waals surface area (Å²) in [6.07, 6.45) is 5.51. The first-order chi connectivity index (χ1) is 17.5. The molecule has 0 aromatic heterocycles. The second-order valence-corrected chi connectivity index (χ2v) is 10.2. The van der Waals surface area contributed by atoms with Crippen LogP contribution >= 0.6 is 0 Å². The van der Waals surface area contributed by atoms with Gasteiger partial charge < -0.3 is 10.1 Å². The maximum Gasteiger partial charge on any atom is 0.264 e. The largest absolute Gasteiger partial charge is 0.494 e. The minimum Gasteiger partial charge on any atom is -0.494 e. The van der Waals surface area contributed by atoms with Crippen LogP contribution in [0.2, 0.25) is 0 Å². The van der Waals surface area contributed by atoms with Gasteiger partial charge in [-0.05, 0) is 73.2 Å². The molecule has 7 heteroatoms. The average molecular weight is 507 g/mol. The number of sulfonamides is 1. The normalized spacial score (nSPS) is 11.1. The fourth-order valence-corrected chi connectivity index (χ4v) is 4.66. The Bertz CT molecular complexity index is 1190. The van der Waals surface area contributed by atoms with E-state index in [4.69, 9.17) is 4.74 Å². The Hall–Kier alpha value is -3.42. The van der Waals surface area contributed by atoms with E-state index in [0.717, 1.165) is 43.5 Å². The molecule has 6 nitrogen and oxygen atoms in total. The predicted molar refractivity (Wildman–Crippen MR) is 144 cm³/mol. The number of hydrogen-bond donors (Lipinski definition) is 2. The Morgan fingerprint density at radius 2 is 1.50 bits per heavy atom. The van der Waals surface area contributed by atoms with Gasteiger partial charge in [0.15, 0.2) is 0 Å². The number of aryl methyl sites for hydroxylation is 2. The molecule has 3 aromatic rings. The zero-order valence-electron chi connectivity index (χ0n) is 20.5. The van der Waals surface area contributed by atoms with Gasteiger partial charge in [0.25, 0.3) is 10.0 Å². The summed E-state index contributed by atoms with van der Waals surface area (Å²) in [5.74, 6) is 0.345. The number of benzene rings is 3. The second kappa shape index (κ2) is 14.2. The molecular weight excluding hydrogens is 472 g/mol. The molecule has 2 N–H and O–H groups in total. The van der Waals surface area contributed by atoms with Gasteiger partial charge in [-0.15, -0.1) is 0 Å². The van der Waals surface area contributed by atoms with E-state index in [9.17, 15) is 13.2 Å². The van der Waals surface area contributed by atoms with Crippen LogP contribution in [0, 0.1) is 0 Å². The smallest absolute Gasteiger partial charge is 0.264 e. The predicted octanol–water partition coefficient (Wildman–Crippen LogP) is 4.76. The lowest BCUT2D eigenvalue weighted by molar-refractivity contribution is -0.119. The molecule has 0 fully saturated rings. The Labute approximate surface area is 214 Å². The molecule has 0 aliphatic carbocycles. The van der Waals surface area contributed by atoms with Crippen molar-refractivity contribution in [3.05, 3.63) is 102 Å². The molecule has 1 amide bonds. The van der Waals surface area contributed by atoms with Crippen LogP contribution in [0.1, 0.15) is 36.0 Å². The van der Waals surface area contributed by atoms with Gasteiger partial charge >= 0.3 is 0 Å². The summed E-state index contributed by atoms with van der Waals surface area (Å²) < 4.78 is 32.6. The number of amides is 1. The number of rotatable bonds is 15. The minimum absolute atomic E-state index is 0.0537. The molecule has 0 unspecified atom stereocenters. The third kappa shape index (κ3) is 9.32. The van der Waals surface area contributed by atoms with E-state index in [1.165, 1.54) is 23.3 Å². The zero-order chi connectivity index (χ0) is 25.6. The lowest BCUT2D eigenvalue weighted by Crippen LogP contribution is -2.33. The Morgan fingerprint density at radius 3 is 2.19 bits per heavy atom. The van der Waals surface area contributed by atoms with E-state index in [1.807, 2.05) is 18.2 Å².